The van der Waals surface area contributed by atoms with E-state index in [0.717, 1.165) is 21.2 Å². The van der Waals surface area contributed by atoms with Crippen LogP contribution in [-0.4, -0.2) is 10.8 Å². The van der Waals surface area contributed by atoms with E-state index in [1.54, 1.807) is 12.4 Å². The summed E-state index contributed by atoms with van der Waals surface area (Å²) < 4.78 is 0.967. The van der Waals surface area contributed by atoms with Crippen LogP contribution in [0.2, 0.25) is 0 Å². The molecule has 0 aliphatic carbocycles. The highest BCUT2D eigenvalue weighted by Gasteiger charge is 2.08. The lowest BCUT2D eigenvalue weighted by atomic mass is 10.0. The van der Waals surface area contributed by atoms with E-state index in [1.807, 2.05) is 37.3 Å². The minimum absolute atomic E-state index is 0.110. The molecular formula is C14H12BrNO. The van der Waals surface area contributed by atoms with Crippen molar-refractivity contribution in [1.29, 1.82) is 0 Å². The summed E-state index contributed by atoms with van der Waals surface area (Å²) in [5.41, 5.74) is 2.79. The van der Waals surface area contributed by atoms with Crippen molar-refractivity contribution < 1.29 is 4.79 Å². The molecule has 0 amide bonds. The van der Waals surface area contributed by atoms with Crippen molar-refractivity contribution in [3.8, 4) is 0 Å². The van der Waals surface area contributed by atoms with Crippen LogP contribution < -0.4 is 0 Å². The lowest BCUT2D eigenvalue weighted by Gasteiger charge is -2.03. The summed E-state index contributed by atoms with van der Waals surface area (Å²) in [7, 11) is 0. The van der Waals surface area contributed by atoms with Crippen LogP contribution in [0.15, 0.2) is 47.2 Å². The number of halogens is 1. The van der Waals surface area contributed by atoms with Crippen LogP contribution in [0.3, 0.4) is 0 Å². The number of rotatable bonds is 3. The van der Waals surface area contributed by atoms with Crippen molar-refractivity contribution in [1.82, 2.24) is 4.98 Å². The van der Waals surface area contributed by atoms with E-state index in [2.05, 4.69) is 20.9 Å². The summed E-state index contributed by atoms with van der Waals surface area (Å²) in [6.45, 7) is 2.00. The summed E-state index contributed by atoms with van der Waals surface area (Å²) in [4.78, 5) is 16.0. The van der Waals surface area contributed by atoms with Crippen molar-refractivity contribution in [2.75, 3.05) is 0 Å². The fourth-order valence-corrected chi connectivity index (χ4v) is 1.94. The number of pyridine rings is 1. The molecule has 3 heteroatoms. The Morgan fingerprint density at radius 3 is 2.82 bits per heavy atom. The molecule has 1 aromatic carbocycles. The van der Waals surface area contributed by atoms with Gasteiger partial charge in [0.1, 0.15) is 0 Å². The van der Waals surface area contributed by atoms with Crippen LogP contribution in [0.5, 0.6) is 0 Å². The SMILES string of the molecule is Cc1ccc(C(=O)Cc2cccnc2)cc1Br. The van der Waals surface area contributed by atoms with Gasteiger partial charge >= 0.3 is 0 Å². The first-order valence-electron chi connectivity index (χ1n) is 5.35. The van der Waals surface area contributed by atoms with Crippen LogP contribution in [0.4, 0.5) is 0 Å². The predicted molar refractivity (Wildman–Crippen MR) is 71.2 cm³/mol. The highest BCUT2D eigenvalue weighted by Crippen LogP contribution is 2.18. The van der Waals surface area contributed by atoms with Crippen molar-refractivity contribution in [2.24, 2.45) is 0 Å². The van der Waals surface area contributed by atoms with Gasteiger partial charge in [-0.3, -0.25) is 9.78 Å². The van der Waals surface area contributed by atoms with Gasteiger partial charge in [-0.05, 0) is 30.2 Å². The van der Waals surface area contributed by atoms with Gasteiger partial charge in [-0.2, -0.15) is 0 Å². The van der Waals surface area contributed by atoms with Gasteiger partial charge in [-0.15, -0.1) is 0 Å². The Morgan fingerprint density at radius 2 is 2.18 bits per heavy atom. The number of ketones is 1. The molecule has 17 heavy (non-hydrogen) atoms. The molecule has 2 aromatic rings. The Morgan fingerprint density at radius 1 is 1.35 bits per heavy atom. The second kappa shape index (κ2) is 5.23. The zero-order valence-corrected chi connectivity index (χ0v) is 11.1. The molecule has 0 saturated heterocycles. The summed E-state index contributed by atoms with van der Waals surface area (Å²) in [6.07, 6.45) is 3.82. The molecule has 0 atom stereocenters. The van der Waals surface area contributed by atoms with E-state index in [4.69, 9.17) is 0 Å². The zero-order chi connectivity index (χ0) is 12.3. The second-order valence-corrected chi connectivity index (χ2v) is 4.78. The van der Waals surface area contributed by atoms with Crippen LogP contribution in [0.25, 0.3) is 0 Å². The first-order valence-corrected chi connectivity index (χ1v) is 6.14. The van der Waals surface area contributed by atoms with Crippen molar-refractivity contribution in [3.63, 3.8) is 0 Å². The first kappa shape index (κ1) is 12.0. The fourth-order valence-electron chi connectivity index (χ4n) is 1.56. The number of carbonyl (C=O) groups is 1. The number of aryl methyl sites for hydroxylation is 1. The Kier molecular flexibility index (Phi) is 3.69. The lowest BCUT2D eigenvalue weighted by molar-refractivity contribution is 0.0993. The van der Waals surface area contributed by atoms with Crippen LogP contribution in [0, 0.1) is 6.92 Å². The number of aromatic nitrogens is 1. The molecule has 0 aliphatic heterocycles. The molecule has 86 valence electrons. The molecule has 0 fully saturated rings. The van der Waals surface area contributed by atoms with Crippen LogP contribution in [-0.2, 0) is 6.42 Å². The van der Waals surface area contributed by atoms with Gasteiger partial charge in [0.05, 0.1) is 0 Å². The molecule has 0 saturated carbocycles. The number of carbonyl (C=O) groups excluding carboxylic acids is 1. The summed E-state index contributed by atoms with van der Waals surface area (Å²) in [5, 5.41) is 0. The van der Waals surface area contributed by atoms with Gasteiger partial charge < -0.3 is 0 Å². The minimum atomic E-state index is 0.110. The average Bonchev–Trinajstić information content (AvgIpc) is 2.34. The third kappa shape index (κ3) is 3.01. The van der Waals surface area contributed by atoms with Gasteiger partial charge in [0.25, 0.3) is 0 Å². The summed E-state index contributed by atoms with van der Waals surface area (Å²) >= 11 is 3.44. The van der Waals surface area contributed by atoms with Crippen LogP contribution >= 0.6 is 15.9 Å². The van der Waals surface area contributed by atoms with E-state index in [-0.39, 0.29) is 5.78 Å². The number of Topliss-reactive ketones (excluding diaryl/α,β-unsaturated/α-hetero) is 1. The van der Waals surface area contributed by atoms with E-state index in [1.165, 1.54) is 0 Å². The van der Waals surface area contributed by atoms with Crippen molar-refractivity contribution >= 4 is 21.7 Å². The predicted octanol–water partition coefficient (Wildman–Crippen LogP) is 3.58. The Balaban J connectivity index is 2.18. The monoisotopic (exact) mass is 289 g/mol. The van der Waals surface area contributed by atoms with Gasteiger partial charge in [-0.25, -0.2) is 0 Å². The third-order valence-corrected chi connectivity index (χ3v) is 3.44. The largest absolute Gasteiger partial charge is 0.294 e. The van der Waals surface area contributed by atoms with E-state index in [0.29, 0.717) is 6.42 Å². The number of benzene rings is 1. The highest BCUT2D eigenvalue weighted by molar-refractivity contribution is 9.10. The van der Waals surface area contributed by atoms with Crippen molar-refractivity contribution in [2.45, 2.75) is 13.3 Å². The fraction of sp³-hybridized carbons (Fsp3) is 0.143. The van der Waals surface area contributed by atoms with E-state index in [9.17, 15) is 4.79 Å². The third-order valence-electron chi connectivity index (χ3n) is 2.58. The summed E-state index contributed by atoms with van der Waals surface area (Å²) in [6, 6.07) is 9.43. The topological polar surface area (TPSA) is 30.0 Å². The second-order valence-electron chi connectivity index (χ2n) is 3.93. The maximum Gasteiger partial charge on any atom is 0.167 e. The Hall–Kier alpha value is -1.48. The highest BCUT2D eigenvalue weighted by atomic mass is 79.9. The molecule has 0 aliphatic rings. The van der Waals surface area contributed by atoms with E-state index < -0.39 is 0 Å². The van der Waals surface area contributed by atoms with Gasteiger partial charge in [0.2, 0.25) is 0 Å². The molecule has 1 aromatic heterocycles. The normalized spacial score (nSPS) is 10.2. The number of nitrogens with zero attached hydrogens (tertiary/aromatic N) is 1. The van der Waals surface area contributed by atoms with Gasteiger partial charge in [0, 0.05) is 28.9 Å². The quantitative estimate of drug-likeness (QED) is 0.809. The molecule has 1 heterocycles. The summed E-state index contributed by atoms with van der Waals surface area (Å²) in [5.74, 6) is 0.110. The van der Waals surface area contributed by atoms with Gasteiger partial charge in [-0.1, -0.05) is 34.1 Å². The molecule has 0 bridgehead atoms. The Labute approximate surface area is 109 Å². The standard InChI is InChI=1S/C14H12BrNO/c1-10-4-5-12(8-13(10)15)14(17)7-11-3-2-6-16-9-11/h2-6,8-9H,7H2,1H3. The van der Waals surface area contributed by atoms with Gasteiger partial charge in [0.15, 0.2) is 5.78 Å². The lowest BCUT2D eigenvalue weighted by Crippen LogP contribution is -2.03. The maximum absolute atomic E-state index is 12.0. The molecule has 2 rings (SSSR count). The smallest absolute Gasteiger partial charge is 0.167 e. The zero-order valence-electron chi connectivity index (χ0n) is 9.48. The molecular weight excluding hydrogens is 278 g/mol. The molecule has 0 unspecified atom stereocenters. The van der Waals surface area contributed by atoms with E-state index >= 15 is 0 Å². The van der Waals surface area contributed by atoms with Crippen molar-refractivity contribution in [3.05, 3.63) is 63.9 Å². The Bertz CT molecular complexity index is 537. The maximum atomic E-state index is 12.0. The number of hydrogen-bond acceptors (Lipinski definition) is 2. The number of hydrogen-bond donors (Lipinski definition) is 0. The first-order chi connectivity index (χ1) is 8.16. The molecule has 0 spiro atoms. The average molecular weight is 290 g/mol. The molecule has 0 N–H and O–H groups in total. The van der Waals surface area contributed by atoms with Crippen LogP contribution in [0.1, 0.15) is 21.5 Å². The molecule has 0 radical (unpaired) electrons. The minimum Gasteiger partial charge on any atom is -0.294 e. The molecule has 2 nitrogen and oxygen atoms in total.